The number of nitrogens with zero attached hydrogens (tertiary/aromatic N) is 1. The Morgan fingerprint density at radius 1 is 1.19 bits per heavy atom. The molecule has 31 heavy (non-hydrogen) atoms. The minimum absolute atomic E-state index is 0.0678. The van der Waals surface area contributed by atoms with Crippen LogP contribution in [0.15, 0.2) is 69.6 Å². The minimum atomic E-state index is -0.465. The molecule has 1 aromatic heterocycles. The number of halogens is 2. The summed E-state index contributed by atoms with van der Waals surface area (Å²) in [6.45, 7) is 6.06. The number of carbonyl (C=O) groups is 2. The fourth-order valence-corrected chi connectivity index (χ4v) is 4.72. The summed E-state index contributed by atoms with van der Waals surface area (Å²) in [4.78, 5) is 30.9. The smallest absolute Gasteiger partial charge is 0.255 e. The number of rotatable bonds is 3. The average molecular weight is 501 g/mol. The van der Waals surface area contributed by atoms with Gasteiger partial charge < -0.3 is 10.6 Å². The first kappa shape index (κ1) is 21.8. The Morgan fingerprint density at radius 3 is 2.55 bits per heavy atom. The van der Waals surface area contributed by atoms with Gasteiger partial charge in [0.2, 0.25) is 0 Å². The number of anilines is 1. The van der Waals surface area contributed by atoms with E-state index in [1.165, 1.54) is 0 Å². The van der Waals surface area contributed by atoms with Crippen molar-refractivity contribution in [1.29, 1.82) is 0 Å². The minimum Gasteiger partial charge on any atom is -0.362 e. The fraction of sp³-hybridized carbons (Fsp3) is 0.292. The van der Waals surface area contributed by atoms with E-state index < -0.39 is 5.92 Å². The molecule has 0 fully saturated rings. The lowest BCUT2D eigenvalue weighted by molar-refractivity contribution is -0.118. The van der Waals surface area contributed by atoms with Crippen molar-refractivity contribution in [3.8, 4) is 0 Å². The highest BCUT2D eigenvalue weighted by Crippen LogP contribution is 2.46. The molecule has 1 atom stereocenters. The van der Waals surface area contributed by atoms with Gasteiger partial charge in [0, 0.05) is 50.6 Å². The number of nitrogens with one attached hydrogen (secondary N) is 2. The van der Waals surface area contributed by atoms with Crippen molar-refractivity contribution < 1.29 is 9.59 Å². The first-order valence-electron chi connectivity index (χ1n) is 10.1. The molecule has 0 unspecified atom stereocenters. The van der Waals surface area contributed by atoms with Crippen molar-refractivity contribution in [1.82, 2.24) is 10.3 Å². The van der Waals surface area contributed by atoms with E-state index in [1.807, 2.05) is 25.1 Å². The van der Waals surface area contributed by atoms with E-state index >= 15 is 0 Å². The van der Waals surface area contributed by atoms with Gasteiger partial charge in [-0.15, -0.1) is 0 Å². The van der Waals surface area contributed by atoms with Crippen LogP contribution in [0.3, 0.4) is 0 Å². The van der Waals surface area contributed by atoms with Crippen LogP contribution >= 0.6 is 27.5 Å². The molecular weight excluding hydrogens is 478 g/mol. The van der Waals surface area contributed by atoms with E-state index in [-0.39, 0.29) is 17.1 Å². The zero-order valence-electron chi connectivity index (χ0n) is 17.6. The molecule has 1 amide bonds. The number of allylic oxidation sites excluding steroid dienone is 3. The van der Waals surface area contributed by atoms with Crippen molar-refractivity contribution in [2.75, 3.05) is 5.32 Å². The van der Waals surface area contributed by atoms with E-state index in [1.54, 1.807) is 24.4 Å². The van der Waals surface area contributed by atoms with Crippen LogP contribution in [-0.2, 0) is 9.59 Å². The van der Waals surface area contributed by atoms with E-state index in [9.17, 15) is 9.59 Å². The molecule has 2 N–H and O–H groups in total. The van der Waals surface area contributed by atoms with E-state index in [2.05, 4.69) is 45.4 Å². The van der Waals surface area contributed by atoms with Crippen LogP contribution in [0.5, 0.6) is 0 Å². The summed E-state index contributed by atoms with van der Waals surface area (Å²) < 4.78 is 0.824. The number of amides is 1. The lowest BCUT2D eigenvalue weighted by Gasteiger charge is -2.39. The number of pyridine rings is 1. The van der Waals surface area contributed by atoms with E-state index in [0.29, 0.717) is 28.4 Å². The van der Waals surface area contributed by atoms with E-state index in [4.69, 9.17) is 11.6 Å². The van der Waals surface area contributed by atoms with Crippen molar-refractivity contribution in [2.45, 2.75) is 39.5 Å². The van der Waals surface area contributed by atoms with Gasteiger partial charge >= 0.3 is 0 Å². The second kappa shape index (κ2) is 8.24. The molecule has 4 rings (SSSR count). The topological polar surface area (TPSA) is 71.1 Å². The molecule has 0 saturated carbocycles. The Morgan fingerprint density at radius 2 is 1.90 bits per heavy atom. The Hall–Kier alpha value is -2.44. The van der Waals surface area contributed by atoms with Crippen molar-refractivity contribution >= 4 is 45.0 Å². The van der Waals surface area contributed by atoms with Gasteiger partial charge in [0.05, 0.1) is 0 Å². The third kappa shape index (κ3) is 4.46. The van der Waals surface area contributed by atoms with Gasteiger partial charge in [-0.3, -0.25) is 9.59 Å². The lowest BCUT2D eigenvalue weighted by Crippen LogP contribution is -2.39. The normalized spacial score (nSPS) is 20.3. The maximum absolute atomic E-state index is 13.4. The van der Waals surface area contributed by atoms with Crippen molar-refractivity contribution in [3.63, 3.8) is 0 Å². The number of aromatic nitrogens is 1. The predicted molar refractivity (Wildman–Crippen MR) is 126 cm³/mol. The molecule has 0 radical (unpaired) electrons. The largest absolute Gasteiger partial charge is 0.362 e. The average Bonchev–Trinajstić information content (AvgIpc) is 2.68. The molecule has 0 saturated heterocycles. The summed E-state index contributed by atoms with van der Waals surface area (Å²) in [5.41, 5.74) is 3.55. The highest BCUT2D eigenvalue weighted by Gasteiger charge is 2.42. The highest BCUT2D eigenvalue weighted by atomic mass is 79.9. The van der Waals surface area contributed by atoms with Crippen LogP contribution in [0.1, 0.15) is 45.1 Å². The molecule has 1 aliphatic carbocycles. The summed E-state index contributed by atoms with van der Waals surface area (Å²) in [6.07, 6.45) is 2.82. The Balaban J connectivity index is 1.79. The molecular formula is C24H23BrClN3O2. The van der Waals surface area contributed by atoms with Crippen LogP contribution in [0.2, 0.25) is 5.02 Å². The molecule has 0 spiro atoms. The summed E-state index contributed by atoms with van der Waals surface area (Å²) in [6, 6.07) is 10.9. The first-order chi connectivity index (χ1) is 14.6. The number of dihydropyridines is 1. The van der Waals surface area contributed by atoms with Gasteiger partial charge in [0.1, 0.15) is 5.82 Å². The first-order valence-corrected chi connectivity index (χ1v) is 11.2. The zero-order chi connectivity index (χ0) is 22.3. The van der Waals surface area contributed by atoms with Crippen LogP contribution in [0.25, 0.3) is 0 Å². The third-order valence-electron chi connectivity index (χ3n) is 5.66. The predicted octanol–water partition coefficient (Wildman–Crippen LogP) is 5.74. The van der Waals surface area contributed by atoms with Crippen molar-refractivity contribution in [2.24, 2.45) is 5.41 Å². The zero-order valence-corrected chi connectivity index (χ0v) is 19.9. The standard InChI is InChI=1S/C24H23BrClN3O2/c1-13-20(23(31)29-19-9-6-15(25)12-27-19)21(14-4-7-16(26)8-5-14)22-17(28-13)10-24(2,3)11-18(22)30/h4-9,12,21,28H,10-11H2,1-3H3,(H,27,29,31)/t21-/m1/s1. The van der Waals surface area contributed by atoms with Gasteiger partial charge in [-0.05, 0) is 64.5 Å². The fourth-order valence-electron chi connectivity index (χ4n) is 4.36. The molecule has 160 valence electrons. The SMILES string of the molecule is CC1=C(C(=O)Nc2ccc(Br)cn2)[C@@H](c2ccc(Cl)cc2)C2=C(CC(C)(C)CC2=O)N1. The van der Waals surface area contributed by atoms with Gasteiger partial charge in [0.25, 0.3) is 5.91 Å². The number of ketones is 1. The molecule has 1 aliphatic heterocycles. The number of hydrogen-bond acceptors (Lipinski definition) is 4. The second-order valence-corrected chi connectivity index (χ2v) is 10.1. The van der Waals surface area contributed by atoms with Crippen LogP contribution in [0.4, 0.5) is 5.82 Å². The summed E-state index contributed by atoms with van der Waals surface area (Å²) in [5, 5.41) is 6.85. The Bertz CT molecular complexity index is 1120. The van der Waals surface area contributed by atoms with Crippen molar-refractivity contribution in [3.05, 3.63) is 80.2 Å². The molecule has 7 heteroatoms. The van der Waals surface area contributed by atoms with Gasteiger partial charge in [-0.25, -0.2) is 4.98 Å². The molecule has 2 aliphatic rings. The maximum Gasteiger partial charge on any atom is 0.255 e. The number of carbonyl (C=O) groups excluding carboxylic acids is 2. The monoisotopic (exact) mass is 499 g/mol. The number of Topliss-reactive ketones (excluding diaryl/α,β-unsaturated/α-hetero) is 1. The molecule has 2 aromatic rings. The summed E-state index contributed by atoms with van der Waals surface area (Å²) in [7, 11) is 0. The number of hydrogen-bond donors (Lipinski definition) is 2. The van der Waals surface area contributed by atoms with Gasteiger partial charge in [-0.1, -0.05) is 37.6 Å². The van der Waals surface area contributed by atoms with Crippen LogP contribution in [-0.4, -0.2) is 16.7 Å². The quantitative estimate of drug-likeness (QED) is 0.564. The second-order valence-electron chi connectivity index (χ2n) is 8.80. The Labute approximate surface area is 195 Å². The van der Waals surface area contributed by atoms with Gasteiger partial charge in [0.15, 0.2) is 5.78 Å². The summed E-state index contributed by atoms with van der Waals surface area (Å²) >= 11 is 9.46. The van der Waals surface area contributed by atoms with Crippen LogP contribution in [0, 0.1) is 5.41 Å². The molecule has 0 bridgehead atoms. The van der Waals surface area contributed by atoms with E-state index in [0.717, 1.165) is 27.9 Å². The molecule has 2 heterocycles. The maximum atomic E-state index is 13.4. The highest BCUT2D eigenvalue weighted by molar-refractivity contribution is 9.10. The molecule has 1 aromatic carbocycles. The summed E-state index contributed by atoms with van der Waals surface area (Å²) in [5.74, 6) is -0.242. The van der Waals surface area contributed by atoms with Gasteiger partial charge in [-0.2, -0.15) is 0 Å². The Kier molecular flexibility index (Phi) is 5.79. The molecule has 5 nitrogen and oxygen atoms in total. The lowest BCUT2D eigenvalue weighted by atomic mass is 9.68. The third-order valence-corrected chi connectivity index (χ3v) is 6.38. The van der Waals surface area contributed by atoms with Crippen LogP contribution < -0.4 is 10.6 Å². The number of benzene rings is 1.